The van der Waals surface area contributed by atoms with Crippen LogP contribution in [0.1, 0.15) is 53.4 Å². The molecule has 0 nitrogen and oxygen atoms in total. The molecule has 4 aliphatic carbocycles. The summed E-state index contributed by atoms with van der Waals surface area (Å²) in [5.41, 5.74) is 6.07. The first-order valence-electron chi connectivity index (χ1n) is 9.77. The maximum atomic E-state index is 4.93. The van der Waals surface area contributed by atoms with E-state index in [2.05, 4.69) is 63.8 Å². The van der Waals surface area contributed by atoms with Crippen LogP contribution in [0, 0.1) is 38.5 Å². The third-order valence-electron chi connectivity index (χ3n) is 6.73. The normalized spacial score (nSPS) is 35.2. The van der Waals surface area contributed by atoms with Gasteiger partial charge >= 0.3 is 37.9 Å². The molecule has 0 radical (unpaired) electrons. The summed E-state index contributed by atoms with van der Waals surface area (Å²) < 4.78 is 0. The molecule has 4 rings (SSSR count). The summed E-state index contributed by atoms with van der Waals surface area (Å²) in [6.07, 6.45) is 15.9. The molecule has 4 atom stereocenters. The minimum absolute atomic E-state index is 0. The van der Waals surface area contributed by atoms with Gasteiger partial charge in [0.1, 0.15) is 0 Å². The number of fused-ring (bicyclic) bond motifs is 2. The Bertz CT molecular complexity index is 543. The van der Waals surface area contributed by atoms with E-state index in [4.69, 9.17) is 17.0 Å². The topological polar surface area (TPSA) is 0 Å². The predicted octanol–water partition coefficient (Wildman–Crippen LogP) is 8.60. The van der Waals surface area contributed by atoms with Crippen LogP contribution in [-0.4, -0.2) is 10.5 Å². The van der Waals surface area contributed by atoms with Crippen molar-refractivity contribution in [3.63, 3.8) is 0 Å². The molecule has 0 N–H and O–H groups in total. The molecule has 28 heavy (non-hydrogen) atoms. The molecule has 0 spiro atoms. The summed E-state index contributed by atoms with van der Waals surface area (Å²) in [7, 11) is 9.87. The fourth-order valence-electron chi connectivity index (χ4n) is 5.18. The Morgan fingerprint density at radius 3 is 1.07 bits per heavy atom. The molecular weight excluding hydrogens is 482 g/mol. The van der Waals surface area contributed by atoms with E-state index in [-0.39, 0.29) is 14.9 Å². The number of hydrogen-bond donors (Lipinski definition) is 0. The van der Waals surface area contributed by atoms with Crippen LogP contribution in [0.25, 0.3) is 0 Å². The van der Waals surface area contributed by atoms with Crippen LogP contribution in [0.4, 0.5) is 0 Å². The van der Waals surface area contributed by atoms with Crippen LogP contribution in [0.2, 0.25) is 0 Å². The average molecular weight is 519 g/mol. The number of rotatable bonds is 2. The maximum absolute atomic E-state index is 4.93. The summed E-state index contributed by atoms with van der Waals surface area (Å²) in [5, 5.41) is 1.77. The summed E-state index contributed by atoms with van der Waals surface area (Å²) in [6.45, 7) is 9.14. The van der Waals surface area contributed by atoms with Gasteiger partial charge in [0.2, 0.25) is 0 Å². The van der Waals surface area contributed by atoms with Gasteiger partial charge in [-0.25, -0.2) is 0 Å². The SMILES string of the molecule is CC1=CC2CC(SC3CC4C=C(C)C(C)=CC4C3)CC2C=C1C.[CH3-].[CH3-].[Cl][Zr+2][Cl]. The molecule has 156 valence electrons. The van der Waals surface area contributed by atoms with Crippen LogP contribution in [0.5, 0.6) is 0 Å². The van der Waals surface area contributed by atoms with E-state index in [9.17, 15) is 0 Å². The Labute approximate surface area is 197 Å². The molecule has 4 aliphatic rings. The molecule has 0 amide bonds. The second kappa shape index (κ2) is 12.0. The molecule has 0 aliphatic heterocycles. The van der Waals surface area contributed by atoms with E-state index in [1.807, 2.05) is 0 Å². The Balaban J connectivity index is 0.000000739. The van der Waals surface area contributed by atoms with Crippen molar-refractivity contribution in [1.29, 1.82) is 0 Å². The van der Waals surface area contributed by atoms with Crippen LogP contribution >= 0.6 is 28.8 Å². The Kier molecular flexibility index (Phi) is 11.5. The summed E-state index contributed by atoms with van der Waals surface area (Å²) in [4.78, 5) is 0. The number of thioether (sulfide) groups is 1. The Morgan fingerprint density at radius 2 is 0.857 bits per heavy atom. The summed E-state index contributed by atoms with van der Waals surface area (Å²) in [5.74, 6) is 3.29. The monoisotopic (exact) mass is 516 g/mol. The fourth-order valence-corrected chi connectivity index (χ4v) is 7.05. The zero-order valence-corrected chi connectivity index (χ0v) is 23.1. The molecular formula is C24H36Cl2SZr. The van der Waals surface area contributed by atoms with Crippen molar-refractivity contribution < 1.29 is 20.8 Å². The van der Waals surface area contributed by atoms with Crippen LogP contribution in [0.15, 0.2) is 46.6 Å². The molecule has 2 fully saturated rings. The second-order valence-corrected chi connectivity index (χ2v) is 13.8. The number of allylic oxidation sites excluding steroid dienone is 8. The molecule has 4 heteroatoms. The van der Waals surface area contributed by atoms with Crippen molar-refractivity contribution in [3.8, 4) is 0 Å². The van der Waals surface area contributed by atoms with Gasteiger partial charge in [-0.3, -0.25) is 0 Å². The van der Waals surface area contributed by atoms with Crippen molar-refractivity contribution in [2.45, 2.75) is 63.9 Å². The van der Waals surface area contributed by atoms with Gasteiger partial charge in [-0.2, -0.15) is 11.8 Å². The van der Waals surface area contributed by atoms with Crippen molar-refractivity contribution in [3.05, 3.63) is 61.4 Å². The van der Waals surface area contributed by atoms with E-state index in [1.165, 1.54) is 48.0 Å². The predicted molar refractivity (Wildman–Crippen MR) is 127 cm³/mol. The Morgan fingerprint density at radius 1 is 0.643 bits per heavy atom. The van der Waals surface area contributed by atoms with Crippen LogP contribution in [-0.2, 0) is 20.8 Å². The van der Waals surface area contributed by atoms with Gasteiger partial charge in [0.05, 0.1) is 0 Å². The zero-order valence-electron chi connectivity index (χ0n) is 18.3. The van der Waals surface area contributed by atoms with Gasteiger partial charge < -0.3 is 14.9 Å². The van der Waals surface area contributed by atoms with Gasteiger partial charge in [0.25, 0.3) is 0 Å². The number of halogens is 2. The van der Waals surface area contributed by atoms with E-state index < -0.39 is 20.8 Å². The number of hydrogen-bond acceptors (Lipinski definition) is 1. The third-order valence-corrected chi connectivity index (χ3v) is 8.26. The van der Waals surface area contributed by atoms with Crippen molar-refractivity contribution >= 4 is 28.8 Å². The molecule has 0 bridgehead atoms. The first kappa shape index (κ1) is 26.8. The van der Waals surface area contributed by atoms with Gasteiger partial charge in [-0.1, -0.05) is 46.6 Å². The molecule has 0 saturated heterocycles. The first-order valence-corrected chi connectivity index (χ1v) is 17.0. The van der Waals surface area contributed by atoms with E-state index in [0.717, 1.165) is 34.2 Å². The third kappa shape index (κ3) is 6.39. The second-order valence-electron chi connectivity index (χ2n) is 8.45. The van der Waals surface area contributed by atoms with Gasteiger partial charge in [-0.15, -0.1) is 0 Å². The van der Waals surface area contributed by atoms with Crippen LogP contribution < -0.4 is 0 Å². The van der Waals surface area contributed by atoms with E-state index in [0.29, 0.717) is 0 Å². The molecule has 4 unspecified atom stereocenters. The van der Waals surface area contributed by atoms with Crippen LogP contribution in [0.3, 0.4) is 0 Å². The standard InChI is InChI=1S/C22H30S.2CH3.2ClH.Zr/c1-13-5-17-9-21(10-18(17)6-14(13)2)23-22-11-19-7-15(3)16(4)8-20(19)12-22;;;;;/h5-8,17-22H,9-12H2,1-4H3;2*1H3;2*1H;/q;2*-1;;;+4/p-2. The zero-order chi connectivity index (χ0) is 18.8. The molecule has 2 saturated carbocycles. The molecule has 0 aromatic carbocycles. The van der Waals surface area contributed by atoms with E-state index in [1.54, 1.807) is 0 Å². The minimum atomic E-state index is -0.826. The summed E-state index contributed by atoms with van der Waals surface area (Å²) >= 11 is 1.51. The Hall–Kier alpha value is 0.773. The first-order chi connectivity index (χ1) is 12.4. The van der Waals surface area contributed by atoms with Crippen molar-refractivity contribution in [2.75, 3.05) is 0 Å². The molecule has 0 aromatic rings. The van der Waals surface area contributed by atoms with Crippen molar-refractivity contribution in [1.82, 2.24) is 0 Å². The quantitative estimate of drug-likeness (QED) is 0.330. The molecule has 0 heterocycles. The summed E-state index contributed by atoms with van der Waals surface area (Å²) in [6, 6.07) is 0. The average Bonchev–Trinajstić information content (AvgIpc) is 3.12. The molecule has 0 aromatic heterocycles. The fraction of sp³-hybridized carbons (Fsp3) is 0.583. The van der Waals surface area contributed by atoms with E-state index >= 15 is 0 Å². The van der Waals surface area contributed by atoms with Gasteiger partial charge in [0, 0.05) is 10.5 Å². The van der Waals surface area contributed by atoms with Crippen molar-refractivity contribution in [2.24, 2.45) is 23.7 Å². The van der Waals surface area contributed by atoms with Gasteiger partial charge in [0.15, 0.2) is 0 Å². The van der Waals surface area contributed by atoms with Gasteiger partial charge in [-0.05, 0) is 77.0 Å².